The van der Waals surface area contributed by atoms with Gasteiger partial charge in [0.05, 0.1) is 18.2 Å². The van der Waals surface area contributed by atoms with Crippen LogP contribution < -0.4 is 5.32 Å². The van der Waals surface area contributed by atoms with Crippen molar-refractivity contribution < 1.29 is 9.90 Å². The molecule has 1 saturated heterocycles. The first-order valence-corrected chi connectivity index (χ1v) is 7.38. The second kappa shape index (κ2) is 7.77. The average molecular weight is 287 g/mol. The zero-order valence-electron chi connectivity index (χ0n) is 12.1. The van der Waals surface area contributed by atoms with Crippen LogP contribution in [0.5, 0.6) is 0 Å². The van der Waals surface area contributed by atoms with Crippen LogP contribution in [-0.4, -0.2) is 41.7 Å². The van der Waals surface area contributed by atoms with Gasteiger partial charge in [0, 0.05) is 24.7 Å². The van der Waals surface area contributed by atoms with Gasteiger partial charge in [-0.05, 0) is 37.6 Å². The van der Waals surface area contributed by atoms with Crippen LogP contribution in [0.4, 0.5) is 5.69 Å². The topological polar surface area (TPSA) is 76.4 Å². The molecular formula is C16H21N3O2. The number of aliphatic hydroxyl groups is 1. The maximum Gasteiger partial charge on any atom is 0.225 e. The van der Waals surface area contributed by atoms with Crippen LogP contribution in [0, 0.1) is 11.3 Å². The summed E-state index contributed by atoms with van der Waals surface area (Å²) in [5.74, 6) is -0.0626. The summed E-state index contributed by atoms with van der Waals surface area (Å²) in [5, 5.41) is 21.0. The summed E-state index contributed by atoms with van der Waals surface area (Å²) >= 11 is 0. The van der Waals surface area contributed by atoms with Gasteiger partial charge in [-0.3, -0.25) is 9.69 Å². The predicted octanol–water partition coefficient (Wildman–Crippen LogP) is 1.73. The summed E-state index contributed by atoms with van der Waals surface area (Å²) in [7, 11) is 0. The molecule has 2 rings (SSSR count). The number of benzene rings is 1. The largest absolute Gasteiger partial charge is 0.395 e. The number of aliphatic hydroxyl groups excluding tert-OH is 1. The van der Waals surface area contributed by atoms with Crippen molar-refractivity contribution in [2.24, 2.45) is 0 Å². The second-order valence-electron chi connectivity index (χ2n) is 5.36. The number of hydrogen-bond donors (Lipinski definition) is 2. The Morgan fingerprint density at radius 3 is 3.10 bits per heavy atom. The lowest BCUT2D eigenvalue weighted by Gasteiger charge is -2.34. The number of piperidine rings is 1. The van der Waals surface area contributed by atoms with Gasteiger partial charge in [0.2, 0.25) is 5.91 Å². The van der Waals surface area contributed by atoms with E-state index in [2.05, 4.69) is 16.3 Å². The normalized spacial score (nSPS) is 19.0. The Labute approximate surface area is 125 Å². The summed E-state index contributed by atoms with van der Waals surface area (Å²) in [5.41, 5.74) is 1.18. The smallest absolute Gasteiger partial charge is 0.225 e. The molecule has 112 valence electrons. The van der Waals surface area contributed by atoms with Gasteiger partial charge in [0.25, 0.3) is 0 Å². The average Bonchev–Trinajstić information content (AvgIpc) is 2.53. The van der Waals surface area contributed by atoms with E-state index >= 15 is 0 Å². The minimum Gasteiger partial charge on any atom is -0.395 e. The van der Waals surface area contributed by atoms with E-state index in [4.69, 9.17) is 5.26 Å². The summed E-state index contributed by atoms with van der Waals surface area (Å²) in [6.45, 7) is 1.77. The second-order valence-corrected chi connectivity index (χ2v) is 5.36. The fraction of sp³-hybridized carbons (Fsp3) is 0.500. The molecule has 0 radical (unpaired) electrons. The number of nitrogens with zero attached hydrogens (tertiary/aromatic N) is 2. The van der Waals surface area contributed by atoms with Crippen LogP contribution in [-0.2, 0) is 4.79 Å². The van der Waals surface area contributed by atoms with Crippen molar-refractivity contribution in [2.75, 3.05) is 25.0 Å². The van der Waals surface area contributed by atoms with E-state index in [1.807, 2.05) is 0 Å². The molecule has 1 unspecified atom stereocenters. The lowest BCUT2D eigenvalue weighted by atomic mass is 10.0. The van der Waals surface area contributed by atoms with Crippen LogP contribution in [0.2, 0.25) is 0 Å². The molecule has 1 atom stereocenters. The van der Waals surface area contributed by atoms with Gasteiger partial charge in [-0.25, -0.2) is 0 Å². The lowest BCUT2D eigenvalue weighted by Crippen LogP contribution is -2.43. The quantitative estimate of drug-likeness (QED) is 0.864. The standard InChI is InChI=1S/C16H21N3O2/c17-11-13-4-3-5-14(10-13)18-16(21)7-9-19-8-2-1-6-15(19)12-20/h3-5,10,15,20H,1-2,6-9,12H2,(H,18,21). The first-order valence-electron chi connectivity index (χ1n) is 7.38. The van der Waals surface area contributed by atoms with Crippen molar-refractivity contribution in [1.82, 2.24) is 4.90 Å². The molecular weight excluding hydrogens is 266 g/mol. The van der Waals surface area contributed by atoms with Crippen molar-refractivity contribution in [1.29, 1.82) is 5.26 Å². The third kappa shape index (κ3) is 4.55. The van der Waals surface area contributed by atoms with E-state index in [0.717, 1.165) is 25.8 Å². The van der Waals surface area contributed by atoms with E-state index in [9.17, 15) is 9.90 Å². The lowest BCUT2D eigenvalue weighted by molar-refractivity contribution is -0.116. The molecule has 2 N–H and O–H groups in total. The highest BCUT2D eigenvalue weighted by Crippen LogP contribution is 2.17. The van der Waals surface area contributed by atoms with Crippen LogP contribution in [0.1, 0.15) is 31.2 Å². The van der Waals surface area contributed by atoms with Gasteiger partial charge in [0.1, 0.15) is 0 Å². The molecule has 0 aromatic heterocycles. The van der Waals surface area contributed by atoms with E-state index in [0.29, 0.717) is 24.2 Å². The van der Waals surface area contributed by atoms with Crippen molar-refractivity contribution in [3.05, 3.63) is 29.8 Å². The van der Waals surface area contributed by atoms with Crippen molar-refractivity contribution in [2.45, 2.75) is 31.7 Å². The van der Waals surface area contributed by atoms with Gasteiger partial charge in [-0.15, -0.1) is 0 Å². The van der Waals surface area contributed by atoms with E-state index in [1.165, 1.54) is 0 Å². The minimum absolute atomic E-state index is 0.0626. The number of anilines is 1. The highest BCUT2D eigenvalue weighted by Gasteiger charge is 2.21. The number of hydrogen-bond acceptors (Lipinski definition) is 4. The number of amides is 1. The number of rotatable bonds is 5. The molecule has 1 aliphatic rings. The van der Waals surface area contributed by atoms with Gasteiger partial charge >= 0.3 is 0 Å². The van der Waals surface area contributed by atoms with Crippen molar-refractivity contribution in [3.8, 4) is 6.07 Å². The van der Waals surface area contributed by atoms with Crippen molar-refractivity contribution >= 4 is 11.6 Å². The number of likely N-dealkylation sites (tertiary alicyclic amines) is 1. The maximum atomic E-state index is 12.0. The van der Waals surface area contributed by atoms with E-state index < -0.39 is 0 Å². The Morgan fingerprint density at radius 1 is 1.48 bits per heavy atom. The first kappa shape index (κ1) is 15.5. The zero-order valence-corrected chi connectivity index (χ0v) is 12.1. The fourth-order valence-electron chi connectivity index (χ4n) is 2.70. The molecule has 5 heteroatoms. The van der Waals surface area contributed by atoms with Crippen LogP contribution in [0.15, 0.2) is 24.3 Å². The predicted molar refractivity (Wildman–Crippen MR) is 80.7 cm³/mol. The molecule has 1 heterocycles. The Kier molecular flexibility index (Phi) is 5.73. The third-order valence-corrected chi connectivity index (χ3v) is 3.86. The number of nitrogens with one attached hydrogen (secondary N) is 1. The van der Waals surface area contributed by atoms with Crippen molar-refractivity contribution in [3.63, 3.8) is 0 Å². The Bertz CT molecular complexity index is 524. The van der Waals surface area contributed by atoms with Crippen LogP contribution in [0.3, 0.4) is 0 Å². The van der Waals surface area contributed by atoms with Gasteiger partial charge in [-0.2, -0.15) is 5.26 Å². The molecule has 0 saturated carbocycles. The number of carbonyl (C=O) groups is 1. The summed E-state index contributed by atoms with van der Waals surface area (Å²) in [4.78, 5) is 14.2. The Morgan fingerprint density at radius 2 is 2.33 bits per heavy atom. The summed E-state index contributed by atoms with van der Waals surface area (Å²) < 4.78 is 0. The maximum absolute atomic E-state index is 12.0. The summed E-state index contributed by atoms with van der Waals surface area (Å²) in [6, 6.07) is 9.13. The Balaban J connectivity index is 1.83. The number of carbonyl (C=O) groups excluding carboxylic acids is 1. The Hall–Kier alpha value is -1.90. The fourth-order valence-corrected chi connectivity index (χ4v) is 2.70. The van der Waals surface area contributed by atoms with Gasteiger partial charge in [0.15, 0.2) is 0 Å². The first-order chi connectivity index (χ1) is 10.2. The SMILES string of the molecule is N#Cc1cccc(NC(=O)CCN2CCCCC2CO)c1. The summed E-state index contributed by atoms with van der Waals surface area (Å²) in [6.07, 6.45) is 3.67. The van der Waals surface area contributed by atoms with Crippen LogP contribution >= 0.6 is 0 Å². The molecule has 0 spiro atoms. The van der Waals surface area contributed by atoms with E-state index in [-0.39, 0.29) is 18.6 Å². The zero-order chi connectivity index (χ0) is 15.1. The molecule has 5 nitrogen and oxygen atoms in total. The molecule has 1 aromatic rings. The van der Waals surface area contributed by atoms with E-state index in [1.54, 1.807) is 24.3 Å². The molecule has 1 fully saturated rings. The van der Waals surface area contributed by atoms with Crippen LogP contribution in [0.25, 0.3) is 0 Å². The minimum atomic E-state index is -0.0626. The number of nitriles is 1. The monoisotopic (exact) mass is 287 g/mol. The third-order valence-electron chi connectivity index (χ3n) is 3.86. The molecule has 0 aliphatic carbocycles. The molecule has 1 amide bonds. The van der Waals surface area contributed by atoms with Gasteiger partial charge in [-0.1, -0.05) is 12.5 Å². The molecule has 1 aliphatic heterocycles. The molecule has 1 aromatic carbocycles. The highest BCUT2D eigenvalue weighted by atomic mass is 16.3. The van der Waals surface area contributed by atoms with Gasteiger partial charge < -0.3 is 10.4 Å². The highest BCUT2D eigenvalue weighted by molar-refractivity contribution is 5.90. The molecule has 0 bridgehead atoms. The molecule has 21 heavy (non-hydrogen) atoms.